The first-order valence-electron chi connectivity index (χ1n) is 10.4. The Morgan fingerprint density at radius 1 is 1.00 bits per heavy atom. The molecular weight excluding hydrogens is 376 g/mol. The van der Waals surface area contributed by atoms with Crippen LogP contribution in [0.15, 0.2) is 65.2 Å². The fraction of sp³-hybridized carbons (Fsp3) is 0.292. The van der Waals surface area contributed by atoms with Crippen LogP contribution in [0.4, 0.5) is 0 Å². The minimum atomic E-state index is 0.438. The maximum Gasteiger partial charge on any atom is 0.278 e. The van der Waals surface area contributed by atoms with Crippen molar-refractivity contribution >= 4 is 0 Å². The summed E-state index contributed by atoms with van der Waals surface area (Å²) >= 11 is 0. The third-order valence-electron chi connectivity index (χ3n) is 5.66. The van der Waals surface area contributed by atoms with Gasteiger partial charge in [-0.3, -0.25) is 4.68 Å². The van der Waals surface area contributed by atoms with Gasteiger partial charge in [0.05, 0.1) is 6.54 Å². The second kappa shape index (κ2) is 8.24. The molecule has 152 valence electrons. The average Bonchev–Trinajstić information content (AvgIpc) is 3.43. The van der Waals surface area contributed by atoms with E-state index in [1.54, 1.807) is 0 Å². The SMILES string of the molecule is Cc1cc(-c2nc(-c3ccc(C4CCOCC4)cc3)no2)nn1Cc1ccccc1. The van der Waals surface area contributed by atoms with Crippen molar-refractivity contribution in [3.05, 3.63) is 77.5 Å². The number of benzene rings is 2. The molecule has 2 aromatic heterocycles. The standard InChI is InChI=1S/C24H24N4O2/c1-17-15-22(26-28(17)16-18-5-3-2-4-6-18)24-25-23(27-30-24)21-9-7-19(8-10-21)20-11-13-29-14-12-20/h2-10,15,20H,11-14,16H2,1H3. The molecule has 2 aromatic carbocycles. The zero-order valence-electron chi connectivity index (χ0n) is 17.0. The average molecular weight is 400 g/mol. The summed E-state index contributed by atoms with van der Waals surface area (Å²) in [4.78, 5) is 4.58. The van der Waals surface area contributed by atoms with Crippen molar-refractivity contribution in [1.29, 1.82) is 0 Å². The van der Waals surface area contributed by atoms with Gasteiger partial charge < -0.3 is 9.26 Å². The molecule has 6 nitrogen and oxygen atoms in total. The molecule has 0 spiro atoms. The van der Waals surface area contributed by atoms with Gasteiger partial charge in [0, 0.05) is 24.5 Å². The number of aryl methyl sites for hydroxylation is 1. The monoisotopic (exact) mass is 400 g/mol. The summed E-state index contributed by atoms with van der Waals surface area (Å²) in [5.41, 5.74) is 5.24. The number of ether oxygens (including phenoxy) is 1. The predicted molar refractivity (Wildman–Crippen MR) is 114 cm³/mol. The minimum Gasteiger partial charge on any atom is -0.381 e. The Kier molecular flexibility index (Phi) is 5.15. The molecule has 0 N–H and O–H groups in total. The van der Waals surface area contributed by atoms with Gasteiger partial charge in [0.1, 0.15) is 0 Å². The van der Waals surface area contributed by atoms with Gasteiger partial charge in [-0.05, 0) is 42.9 Å². The molecule has 0 aliphatic carbocycles. The van der Waals surface area contributed by atoms with E-state index >= 15 is 0 Å². The second-order valence-electron chi connectivity index (χ2n) is 7.75. The summed E-state index contributed by atoms with van der Waals surface area (Å²) in [5, 5.41) is 8.84. The van der Waals surface area contributed by atoms with E-state index in [0.29, 0.717) is 29.9 Å². The highest BCUT2D eigenvalue weighted by molar-refractivity contribution is 5.58. The van der Waals surface area contributed by atoms with Crippen molar-refractivity contribution in [2.24, 2.45) is 0 Å². The van der Waals surface area contributed by atoms with Crippen LogP contribution in [0.2, 0.25) is 0 Å². The molecule has 3 heterocycles. The normalized spacial score (nSPS) is 14.8. The topological polar surface area (TPSA) is 66.0 Å². The molecule has 1 saturated heterocycles. The van der Waals surface area contributed by atoms with E-state index in [2.05, 4.69) is 51.6 Å². The van der Waals surface area contributed by atoms with Crippen LogP contribution in [0.5, 0.6) is 0 Å². The highest BCUT2D eigenvalue weighted by atomic mass is 16.5. The van der Waals surface area contributed by atoms with Crippen LogP contribution >= 0.6 is 0 Å². The van der Waals surface area contributed by atoms with Gasteiger partial charge in [0.15, 0.2) is 5.69 Å². The van der Waals surface area contributed by atoms with E-state index in [4.69, 9.17) is 9.26 Å². The molecule has 0 amide bonds. The third kappa shape index (κ3) is 3.91. The van der Waals surface area contributed by atoms with Gasteiger partial charge in [-0.1, -0.05) is 59.8 Å². The van der Waals surface area contributed by atoms with Crippen molar-refractivity contribution in [2.75, 3.05) is 13.2 Å². The van der Waals surface area contributed by atoms with Gasteiger partial charge in [-0.25, -0.2) is 0 Å². The molecule has 0 radical (unpaired) electrons. The quantitative estimate of drug-likeness (QED) is 0.479. The number of hydrogen-bond donors (Lipinski definition) is 0. The summed E-state index contributed by atoms with van der Waals surface area (Å²) in [6, 6.07) is 20.7. The summed E-state index contributed by atoms with van der Waals surface area (Å²) < 4.78 is 12.9. The van der Waals surface area contributed by atoms with Crippen molar-refractivity contribution in [3.63, 3.8) is 0 Å². The summed E-state index contributed by atoms with van der Waals surface area (Å²) in [6.45, 7) is 4.43. The van der Waals surface area contributed by atoms with Crippen LogP contribution in [0.1, 0.15) is 35.6 Å². The fourth-order valence-electron chi connectivity index (χ4n) is 3.91. The van der Waals surface area contributed by atoms with Gasteiger partial charge >= 0.3 is 0 Å². The summed E-state index contributed by atoms with van der Waals surface area (Å²) in [5.74, 6) is 1.59. The van der Waals surface area contributed by atoms with Crippen molar-refractivity contribution in [1.82, 2.24) is 19.9 Å². The Bertz CT molecular complexity index is 1110. The fourth-order valence-corrected chi connectivity index (χ4v) is 3.91. The first-order valence-corrected chi connectivity index (χ1v) is 10.4. The lowest BCUT2D eigenvalue weighted by atomic mass is 9.91. The number of rotatable bonds is 5. The van der Waals surface area contributed by atoms with Crippen molar-refractivity contribution < 1.29 is 9.26 Å². The van der Waals surface area contributed by atoms with Crippen molar-refractivity contribution in [3.8, 4) is 23.0 Å². The molecule has 30 heavy (non-hydrogen) atoms. The summed E-state index contributed by atoms with van der Waals surface area (Å²) in [6.07, 6.45) is 2.16. The molecule has 4 aromatic rings. The molecule has 0 atom stereocenters. The Morgan fingerprint density at radius 3 is 2.53 bits per heavy atom. The molecule has 0 unspecified atom stereocenters. The van der Waals surface area contributed by atoms with E-state index in [0.717, 1.165) is 37.3 Å². The molecule has 1 fully saturated rings. The van der Waals surface area contributed by atoms with Gasteiger partial charge in [0.2, 0.25) is 5.82 Å². The maximum atomic E-state index is 5.52. The molecule has 5 rings (SSSR count). The van der Waals surface area contributed by atoms with Gasteiger partial charge in [-0.2, -0.15) is 10.1 Å². The van der Waals surface area contributed by atoms with E-state index in [1.807, 2.05) is 35.9 Å². The number of nitrogens with zero attached hydrogens (tertiary/aromatic N) is 4. The highest BCUT2D eigenvalue weighted by Gasteiger charge is 2.18. The lowest BCUT2D eigenvalue weighted by Crippen LogP contribution is -2.13. The van der Waals surface area contributed by atoms with Crippen LogP contribution < -0.4 is 0 Å². The largest absolute Gasteiger partial charge is 0.381 e. The van der Waals surface area contributed by atoms with E-state index in [-0.39, 0.29) is 0 Å². The van der Waals surface area contributed by atoms with Crippen molar-refractivity contribution in [2.45, 2.75) is 32.2 Å². The van der Waals surface area contributed by atoms with Gasteiger partial charge in [0.25, 0.3) is 5.89 Å². The van der Waals surface area contributed by atoms with Crippen LogP contribution in [-0.4, -0.2) is 33.1 Å². The van der Waals surface area contributed by atoms with Crippen LogP contribution in [0.3, 0.4) is 0 Å². The molecule has 1 aliphatic rings. The minimum absolute atomic E-state index is 0.438. The molecular formula is C24H24N4O2. The highest BCUT2D eigenvalue weighted by Crippen LogP contribution is 2.29. The van der Waals surface area contributed by atoms with Crippen LogP contribution in [0, 0.1) is 6.92 Å². The Morgan fingerprint density at radius 2 is 1.77 bits per heavy atom. The smallest absolute Gasteiger partial charge is 0.278 e. The third-order valence-corrected chi connectivity index (χ3v) is 5.66. The Hall–Kier alpha value is -3.25. The maximum absolute atomic E-state index is 5.52. The zero-order chi connectivity index (χ0) is 20.3. The van der Waals surface area contributed by atoms with Gasteiger partial charge in [-0.15, -0.1) is 0 Å². The molecule has 0 saturated carbocycles. The zero-order valence-corrected chi connectivity index (χ0v) is 17.0. The molecule has 6 heteroatoms. The number of hydrogen-bond acceptors (Lipinski definition) is 5. The second-order valence-corrected chi connectivity index (χ2v) is 7.75. The van der Waals surface area contributed by atoms with E-state index in [9.17, 15) is 0 Å². The molecule has 0 bridgehead atoms. The number of aromatic nitrogens is 4. The van der Waals surface area contributed by atoms with Crippen LogP contribution in [-0.2, 0) is 11.3 Å². The lowest BCUT2D eigenvalue weighted by molar-refractivity contribution is 0.0853. The first kappa shape index (κ1) is 18.8. The lowest BCUT2D eigenvalue weighted by Gasteiger charge is -2.22. The molecule has 1 aliphatic heterocycles. The Labute approximate surface area is 175 Å². The summed E-state index contributed by atoms with van der Waals surface area (Å²) in [7, 11) is 0. The predicted octanol–water partition coefficient (Wildman–Crippen LogP) is 4.85. The first-order chi connectivity index (χ1) is 14.8. The Balaban J connectivity index is 1.33. The van der Waals surface area contributed by atoms with E-state index in [1.165, 1.54) is 11.1 Å². The van der Waals surface area contributed by atoms with E-state index < -0.39 is 0 Å². The van der Waals surface area contributed by atoms with Crippen LogP contribution in [0.25, 0.3) is 23.0 Å².